The van der Waals surface area contributed by atoms with E-state index in [9.17, 15) is 10.1 Å². The van der Waals surface area contributed by atoms with Gasteiger partial charge < -0.3 is 15.0 Å². The Morgan fingerprint density at radius 3 is 3.00 bits per heavy atom. The minimum absolute atomic E-state index is 0.156. The second kappa shape index (κ2) is 5.88. The Bertz CT molecular complexity index is 464. The number of hydrogen-bond acceptors (Lipinski definition) is 5. The minimum atomic E-state index is -0.315. The maximum atomic E-state index is 11.3. The van der Waals surface area contributed by atoms with Gasteiger partial charge >= 0.3 is 5.69 Å². The summed E-state index contributed by atoms with van der Waals surface area (Å²) >= 11 is 0. The van der Waals surface area contributed by atoms with Crippen LogP contribution in [0.2, 0.25) is 0 Å². The van der Waals surface area contributed by atoms with Crippen LogP contribution in [0.25, 0.3) is 0 Å². The molecule has 0 bridgehead atoms. The maximum Gasteiger partial charge on any atom is 0.315 e. The Kier molecular flexibility index (Phi) is 4.21. The molecule has 1 heterocycles. The van der Waals surface area contributed by atoms with Gasteiger partial charge in [-0.1, -0.05) is 6.07 Å². The van der Waals surface area contributed by atoms with Gasteiger partial charge in [0.05, 0.1) is 11.5 Å². The van der Waals surface area contributed by atoms with Crippen LogP contribution in [0.1, 0.15) is 6.42 Å². The highest BCUT2D eigenvalue weighted by atomic mass is 16.6. The molecule has 1 aliphatic rings. The molecule has 0 radical (unpaired) electrons. The Balaban J connectivity index is 2.28. The van der Waals surface area contributed by atoms with E-state index in [0.29, 0.717) is 23.9 Å². The molecule has 1 N–H and O–H groups in total. The van der Waals surface area contributed by atoms with E-state index >= 15 is 0 Å². The van der Waals surface area contributed by atoms with Crippen molar-refractivity contribution in [2.24, 2.45) is 5.92 Å². The van der Waals surface area contributed by atoms with Gasteiger partial charge in [0.15, 0.2) is 0 Å². The molecule has 1 aromatic rings. The largest absolute Gasteiger partial charge is 0.384 e. The number of ether oxygens (including phenoxy) is 1. The first-order valence-corrected chi connectivity index (χ1v) is 6.36. The number of anilines is 2. The lowest BCUT2D eigenvalue weighted by Gasteiger charge is -2.19. The number of hydrogen-bond donors (Lipinski definition) is 1. The fourth-order valence-corrected chi connectivity index (χ4v) is 2.60. The molecule has 2 rings (SSSR count). The zero-order valence-corrected chi connectivity index (χ0v) is 11.3. The van der Waals surface area contributed by atoms with Crippen LogP contribution < -0.4 is 10.2 Å². The van der Waals surface area contributed by atoms with E-state index < -0.39 is 0 Å². The van der Waals surface area contributed by atoms with Crippen LogP contribution >= 0.6 is 0 Å². The van der Waals surface area contributed by atoms with E-state index in [2.05, 4.69) is 10.2 Å². The third-order valence-corrected chi connectivity index (χ3v) is 3.50. The monoisotopic (exact) mass is 265 g/mol. The van der Waals surface area contributed by atoms with Gasteiger partial charge in [-0.25, -0.2) is 0 Å². The van der Waals surface area contributed by atoms with Gasteiger partial charge in [-0.15, -0.1) is 0 Å². The Morgan fingerprint density at radius 2 is 2.37 bits per heavy atom. The fourth-order valence-electron chi connectivity index (χ4n) is 2.60. The molecule has 1 aromatic carbocycles. The second-order valence-corrected chi connectivity index (χ2v) is 4.74. The molecular formula is C13H19N3O3. The molecule has 0 aliphatic carbocycles. The number of para-hydroxylation sites is 1. The zero-order valence-electron chi connectivity index (χ0n) is 11.3. The highest BCUT2D eigenvalue weighted by molar-refractivity contribution is 5.77. The molecule has 1 saturated heterocycles. The lowest BCUT2D eigenvalue weighted by atomic mass is 10.1. The highest BCUT2D eigenvalue weighted by Gasteiger charge is 2.29. The van der Waals surface area contributed by atoms with E-state index in [1.54, 1.807) is 20.2 Å². The predicted molar refractivity (Wildman–Crippen MR) is 74.8 cm³/mol. The Hall–Kier alpha value is -1.82. The summed E-state index contributed by atoms with van der Waals surface area (Å²) in [7, 11) is 3.39. The number of nitro groups is 1. The molecule has 1 aliphatic heterocycles. The van der Waals surface area contributed by atoms with Crippen molar-refractivity contribution in [3.8, 4) is 0 Å². The summed E-state index contributed by atoms with van der Waals surface area (Å²) in [4.78, 5) is 13.0. The summed E-state index contributed by atoms with van der Waals surface area (Å²) in [6.07, 6.45) is 1.01. The van der Waals surface area contributed by atoms with E-state index in [0.717, 1.165) is 19.5 Å². The molecule has 19 heavy (non-hydrogen) atoms. The molecule has 104 valence electrons. The molecular weight excluding hydrogens is 246 g/mol. The van der Waals surface area contributed by atoms with Gasteiger partial charge in [0, 0.05) is 33.2 Å². The first-order chi connectivity index (χ1) is 9.17. The summed E-state index contributed by atoms with van der Waals surface area (Å²) in [6.45, 7) is 2.35. The molecule has 6 heteroatoms. The summed E-state index contributed by atoms with van der Waals surface area (Å²) in [5.41, 5.74) is 1.40. The molecule has 6 nitrogen and oxygen atoms in total. The summed E-state index contributed by atoms with van der Waals surface area (Å²) in [6, 6.07) is 5.39. The molecule has 1 fully saturated rings. The predicted octanol–water partition coefficient (Wildman–Crippen LogP) is 2.11. The van der Waals surface area contributed by atoms with Crippen LogP contribution in [0.4, 0.5) is 17.1 Å². The average Bonchev–Trinajstić information content (AvgIpc) is 2.86. The molecule has 1 unspecified atom stereocenters. The third-order valence-electron chi connectivity index (χ3n) is 3.50. The van der Waals surface area contributed by atoms with Gasteiger partial charge in [0.1, 0.15) is 11.4 Å². The second-order valence-electron chi connectivity index (χ2n) is 4.74. The number of nitrogens with zero attached hydrogens (tertiary/aromatic N) is 2. The van der Waals surface area contributed by atoms with Crippen molar-refractivity contribution in [3.63, 3.8) is 0 Å². The molecule has 1 atom stereocenters. The zero-order chi connectivity index (χ0) is 13.8. The lowest BCUT2D eigenvalue weighted by Crippen LogP contribution is -2.22. The van der Waals surface area contributed by atoms with Crippen LogP contribution in [-0.4, -0.2) is 38.8 Å². The smallest absolute Gasteiger partial charge is 0.315 e. The van der Waals surface area contributed by atoms with Crippen molar-refractivity contribution < 1.29 is 9.66 Å². The first-order valence-electron chi connectivity index (χ1n) is 6.36. The molecule has 0 spiro atoms. The van der Waals surface area contributed by atoms with Crippen LogP contribution in [-0.2, 0) is 4.74 Å². The van der Waals surface area contributed by atoms with Crippen molar-refractivity contribution in [2.45, 2.75) is 6.42 Å². The van der Waals surface area contributed by atoms with E-state index in [1.807, 2.05) is 12.1 Å². The Morgan fingerprint density at radius 1 is 1.58 bits per heavy atom. The normalized spacial score (nSPS) is 18.6. The van der Waals surface area contributed by atoms with E-state index in [1.165, 1.54) is 0 Å². The quantitative estimate of drug-likeness (QED) is 0.652. The molecule has 0 aromatic heterocycles. The van der Waals surface area contributed by atoms with Crippen LogP contribution in [0.5, 0.6) is 0 Å². The summed E-state index contributed by atoms with van der Waals surface area (Å²) in [5, 5.41) is 14.2. The van der Waals surface area contributed by atoms with Gasteiger partial charge in [-0.05, 0) is 18.6 Å². The van der Waals surface area contributed by atoms with Crippen molar-refractivity contribution in [3.05, 3.63) is 28.3 Å². The van der Waals surface area contributed by atoms with Crippen LogP contribution in [0, 0.1) is 16.0 Å². The van der Waals surface area contributed by atoms with E-state index in [4.69, 9.17) is 4.74 Å². The van der Waals surface area contributed by atoms with Crippen molar-refractivity contribution >= 4 is 17.1 Å². The fraction of sp³-hybridized carbons (Fsp3) is 0.538. The van der Waals surface area contributed by atoms with Crippen LogP contribution in [0.15, 0.2) is 18.2 Å². The lowest BCUT2D eigenvalue weighted by molar-refractivity contribution is -0.383. The SMILES string of the molecule is CNc1cccc(N2CCC(COC)C2)c1[N+](=O)[O-]. The van der Waals surface area contributed by atoms with Gasteiger partial charge in [0.25, 0.3) is 0 Å². The third kappa shape index (κ3) is 2.78. The number of nitrogens with one attached hydrogen (secondary N) is 1. The number of benzene rings is 1. The van der Waals surface area contributed by atoms with E-state index in [-0.39, 0.29) is 10.6 Å². The van der Waals surface area contributed by atoms with Crippen LogP contribution in [0.3, 0.4) is 0 Å². The number of methoxy groups -OCH3 is 1. The maximum absolute atomic E-state index is 11.3. The average molecular weight is 265 g/mol. The van der Waals surface area contributed by atoms with Crippen molar-refractivity contribution in [2.75, 3.05) is 44.1 Å². The van der Waals surface area contributed by atoms with Gasteiger partial charge in [-0.2, -0.15) is 0 Å². The number of nitro benzene ring substituents is 1. The standard InChI is InChI=1S/C13H19N3O3/c1-14-11-4-3-5-12(13(11)16(17)18)15-7-6-10(8-15)9-19-2/h3-5,10,14H,6-9H2,1-2H3. The molecule has 0 saturated carbocycles. The van der Waals surface area contributed by atoms with Crippen molar-refractivity contribution in [1.82, 2.24) is 0 Å². The van der Waals surface area contributed by atoms with Crippen molar-refractivity contribution in [1.29, 1.82) is 0 Å². The Labute approximate surface area is 112 Å². The summed E-state index contributed by atoms with van der Waals surface area (Å²) < 4.78 is 5.16. The number of rotatable bonds is 5. The molecule has 0 amide bonds. The highest BCUT2D eigenvalue weighted by Crippen LogP contribution is 2.37. The van der Waals surface area contributed by atoms with Gasteiger partial charge in [-0.3, -0.25) is 10.1 Å². The first kappa shape index (κ1) is 13.6. The van der Waals surface area contributed by atoms with Gasteiger partial charge in [0.2, 0.25) is 0 Å². The summed E-state index contributed by atoms with van der Waals surface area (Å²) in [5.74, 6) is 0.447. The minimum Gasteiger partial charge on any atom is -0.384 e. The topological polar surface area (TPSA) is 67.6 Å².